The maximum absolute atomic E-state index is 12.3. The second kappa shape index (κ2) is 4.59. The van der Waals surface area contributed by atoms with Crippen molar-refractivity contribution in [3.8, 4) is 6.07 Å². The fraction of sp³-hybridized carbons (Fsp3) is 0.688. The van der Waals surface area contributed by atoms with Crippen LogP contribution in [0.1, 0.15) is 41.0 Å². The number of carbonyl (C=O) groups excluding carboxylic acids is 2. The Morgan fingerprint density at radius 1 is 1.43 bits per heavy atom. The van der Waals surface area contributed by atoms with Gasteiger partial charge >= 0.3 is 6.09 Å². The van der Waals surface area contributed by atoms with Crippen LogP contribution in [0.3, 0.4) is 0 Å². The molecule has 0 saturated carbocycles. The summed E-state index contributed by atoms with van der Waals surface area (Å²) in [5.41, 5.74) is -1.44. The molecule has 114 valence electrons. The van der Waals surface area contributed by atoms with Crippen LogP contribution < -0.4 is 0 Å². The molecular formula is C16H22N2O3. The van der Waals surface area contributed by atoms with Crippen LogP contribution in [0.2, 0.25) is 0 Å². The molecule has 0 N–H and O–H groups in total. The highest BCUT2D eigenvalue weighted by molar-refractivity contribution is 6.06. The van der Waals surface area contributed by atoms with E-state index >= 15 is 0 Å². The molecule has 1 aliphatic heterocycles. The highest BCUT2D eigenvalue weighted by Gasteiger charge is 2.57. The molecule has 1 atom stereocenters. The van der Waals surface area contributed by atoms with Gasteiger partial charge in [-0.05, 0) is 27.2 Å². The van der Waals surface area contributed by atoms with Crippen molar-refractivity contribution in [3.05, 3.63) is 11.6 Å². The van der Waals surface area contributed by atoms with Gasteiger partial charge in [0.05, 0.1) is 5.57 Å². The number of Topliss-reactive ketones (excluding diaryl/α,β-unsaturated/α-hetero) is 1. The van der Waals surface area contributed by atoms with Crippen LogP contribution in [0.15, 0.2) is 11.6 Å². The molecule has 1 fully saturated rings. The lowest BCUT2D eigenvalue weighted by atomic mass is 9.66. The number of allylic oxidation sites excluding steroid dienone is 1. The Kier molecular flexibility index (Phi) is 3.40. The van der Waals surface area contributed by atoms with Gasteiger partial charge in [0.1, 0.15) is 11.7 Å². The number of amides is 1. The molecule has 5 nitrogen and oxygen atoms in total. The van der Waals surface area contributed by atoms with Crippen LogP contribution in [0, 0.1) is 22.2 Å². The molecular weight excluding hydrogens is 268 g/mol. The summed E-state index contributed by atoms with van der Waals surface area (Å²) in [5.74, 6) is -0.129. The van der Waals surface area contributed by atoms with Gasteiger partial charge in [0.2, 0.25) is 0 Å². The van der Waals surface area contributed by atoms with Crippen molar-refractivity contribution in [1.82, 2.24) is 4.90 Å². The van der Waals surface area contributed by atoms with Gasteiger partial charge in [-0.2, -0.15) is 5.26 Å². The SMILES string of the molecule is CC(C)(C)OC(=O)N1CCC2(C=C(C#N)C(=O)C2(C)C)C1. The normalized spacial score (nSPS) is 27.7. The standard InChI is InChI=1S/C16H22N2O3/c1-14(2,3)21-13(20)18-7-6-16(10-18)8-11(9-17)12(19)15(16,4)5/h8H,6-7,10H2,1-5H3. The van der Waals surface area contributed by atoms with Crippen molar-refractivity contribution < 1.29 is 14.3 Å². The van der Waals surface area contributed by atoms with Gasteiger partial charge in [0, 0.05) is 23.9 Å². The molecule has 1 amide bonds. The molecule has 2 aliphatic rings. The van der Waals surface area contributed by atoms with Gasteiger partial charge < -0.3 is 9.64 Å². The Labute approximate surface area is 125 Å². The van der Waals surface area contributed by atoms with Crippen molar-refractivity contribution in [3.63, 3.8) is 0 Å². The molecule has 2 rings (SSSR count). The second-order valence-corrected chi connectivity index (χ2v) is 7.43. The molecule has 0 bridgehead atoms. The lowest BCUT2D eigenvalue weighted by molar-refractivity contribution is -0.125. The highest BCUT2D eigenvalue weighted by atomic mass is 16.6. The minimum Gasteiger partial charge on any atom is -0.444 e. The molecule has 1 aliphatic carbocycles. The second-order valence-electron chi connectivity index (χ2n) is 7.43. The van der Waals surface area contributed by atoms with Gasteiger partial charge in [-0.25, -0.2) is 4.79 Å². The number of ether oxygens (including phenoxy) is 1. The number of hydrogen-bond donors (Lipinski definition) is 0. The van der Waals surface area contributed by atoms with Crippen LogP contribution in [-0.4, -0.2) is 35.5 Å². The number of hydrogen-bond acceptors (Lipinski definition) is 4. The first-order chi connectivity index (χ1) is 9.52. The third-order valence-electron chi connectivity index (χ3n) is 4.55. The summed E-state index contributed by atoms with van der Waals surface area (Å²) < 4.78 is 5.39. The number of carbonyl (C=O) groups is 2. The smallest absolute Gasteiger partial charge is 0.410 e. The fourth-order valence-corrected chi connectivity index (χ4v) is 3.11. The summed E-state index contributed by atoms with van der Waals surface area (Å²) >= 11 is 0. The van der Waals surface area contributed by atoms with E-state index in [4.69, 9.17) is 10.00 Å². The number of nitrogens with zero attached hydrogens (tertiary/aromatic N) is 2. The fourth-order valence-electron chi connectivity index (χ4n) is 3.11. The van der Waals surface area contributed by atoms with E-state index < -0.39 is 16.4 Å². The van der Waals surface area contributed by atoms with Crippen molar-refractivity contribution in [1.29, 1.82) is 5.26 Å². The molecule has 0 radical (unpaired) electrons. The molecule has 1 spiro atoms. The minimum atomic E-state index is -0.658. The van der Waals surface area contributed by atoms with Gasteiger partial charge in [0.15, 0.2) is 5.78 Å². The topological polar surface area (TPSA) is 70.4 Å². The lowest BCUT2D eigenvalue weighted by Crippen LogP contribution is -2.42. The molecule has 0 aromatic heterocycles. The monoisotopic (exact) mass is 290 g/mol. The van der Waals surface area contributed by atoms with Gasteiger partial charge in [0.25, 0.3) is 0 Å². The molecule has 1 heterocycles. The summed E-state index contributed by atoms with van der Waals surface area (Å²) in [6.45, 7) is 10.2. The zero-order valence-electron chi connectivity index (χ0n) is 13.3. The van der Waals surface area contributed by atoms with Crippen LogP contribution in [0.4, 0.5) is 4.79 Å². The van der Waals surface area contributed by atoms with Gasteiger partial charge in [-0.1, -0.05) is 19.9 Å². The Balaban J connectivity index is 2.22. The zero-order valence-corrected chi connectivity index (χ0v) is 13.3. The molecule has 5 heteroatoms. The number of ketones is 1. The third kappa shape index (κ3) is 2.44. The van der Waals surface area contributed by atoms with Crippen molar-refractivity contribution >= 4 is 11.9 Å². The Hall–Kier alpha value is -1.83. The Morgan fingerprint density at radius 2 is 2.05 bits per heavy atom. The van der Waals surface area contributed by atoms with E-state index in [2.05, 4.69) is 0 Å². The van der Waals surface area contributed by atoms with E-state index in [0.29, 0.717) is 19.5 Å². The van der Waals surface area contributed by atoms with E-state index in [0.717, 1.165) is 0 Å². The lowest BCUT2D eigenvalue weighted by Gasteiger charge is -2.36. The number of nitriles is 1. The van der Waals surface area contributed by atoms with E-state index in [1.807, 2.05) is 40.7 Å². The number of rotatable bonds is 0. The quantitative estimate of drug-likeness (QED) is 0.687. The minimum absolute atomic E-state index is 0.129. The van der Waals surface area contributed by atoms with Crippen LogP contribution >= 0.6 is 0 Å². The highest BCUT2D eigenvalue weighted by Crippen LogP contribution is 2.53. The van der Waals surface area contributed by atoms with Crippen molar-refractivity contribution in [2.24, 2.45) is 10.8 Å². The van der Waals surface area contributed by atoms with Gasteiger partial charge in [-0.15, -0.1) is 0 Å². The Bertz CT molecular complexity index is 563. The molecule has 0 aromatic carbocycles. The summed E-state index contributed by atoms with van der Waals surface area (Å²) in [5, 5.41) is 9.10. The Morgan fingerprint density at radius 3 is 2.52 bits per heavy atom. The maximum atomic E-state index is 12.3. The molecule has 21 heavy (non-hydrogen) atoms. The largest absolute Gasteiger partial charge is 0.444 e. The first kappa shape index (κ1) is 15.6. The maximum Gasteiger partial charge on any atom is 0.410 e. The van der Waals surface area contributed by atoms with Crippen molar-refractivity contribution in [2.75, 3.05) is 13.1 Å². The predicted molar refractivity (Wildman–Crippen MR) is 77.3 cm³/mol. The van der Waals surface area contributed by atoms with Gasteiger partial charge in [-0.3, -0.25) is 4.79 Å². The average Bonchev–Trinajstić information content (AvgIpc) is 2.85. The predicted octanol–water partition coefficient (Wildman–Crippen LogP) is 2.67. The van der Waals surface area contributed by atoms with Crippen LogP contribution in [0.5, 0.6) is 0 Å². The molecule has 1 saturated heterocycles. The first-order valence-corrected chi connectivity index (χ1v) is 7.18. The zero-order chi connectivity index (χ0) is 16.1. The number of likely N-dealkylation sites (tertiary alicyclic amines) is 1. The van der Waals surface area contributed by atoms with E-state index in [1.165, 1.54) is 0 Å². The first-order valence-electron chi connectivity index (χ1n) is 7.18. The third-order valence-corrected chi connectivity index (χ3v) is 4.55. The molecule has 1 unspecified atom stereocenters. The van der Waals surface area contributed by atoms with Crippen LogP contribution in [-0.2, 0) is 9.53 Å². The van der Waals surface area contributed by atoms with E-state index in [1.54, 1.807) is 11.0 Å². The van der Waals surface area contributed by atoms with Crippen molar-refractivity contribution in [2.45, 2.75) is 46.6 Å². The summed E-state index contributed by atoms with van der Waals surface area (Å²) in [6, 6.07) is 1.98. The van der Waals surface area contributed by atoms with E-state index in [9.17, 15) is 9.59 Å². The van der Waals surface area contributed by atoms with Crippen LogP contribution in [0.25, 0.3) is 0 Å². The molecule has 0 aromatic rings. The summed E-state index contributed by atoms with van der Waals surface area (Å²) in [7, 11) is 0. The summed E-state index contributed by atoms with van der Waals surface area (Å²) in [6.07, 6.45) is 2.08. The van der Waals surface area contributed by atoms with E-state index in [-0.39, 0.29) is 17.4 Å². The summed E-state index contributed by atoms with van der Waals surface area (Å²) in [4.78, 5) is 26.1. The average molecular weight is 290 g/mol.